The topological polar surface area (TPSA) is 167 Å². The Hall–Kier alpha value is -3.12. The van der Waals surface area contributed by atoms with Crippen molar-refractivity contribution in [1.82, 2.24) is 14.5 Å². The second kappa shape index (κ2) is 5.75. The summed E-state index contributed by atoms with van der Waals surface area (Å²) in [4.78, 5) is 17.7. The van der Waals surface area contributed by atoms with Crippen molar-refractivity contribution >= 4 is 27.2 Å². The van der Waals surface area contributed by atoms with E-state index in [9.17, 15) is 23.0 Å². The minimum Gasteiger partial charge on any atom is -0.710 e. The van der Waals surface area contributed by atoms with Gasteiger partial charge in [-0.15, -0.1) is 0 Å². The fraction of sp³-hybridized carbons (Fsp3) is 0.154. The molecule has 0 fully saturated rings. The van der Waals surface area contributed by atoms with Crippen LogP contribution in [0.25, 0.3) is 11.2 Å². The third-order valence-corrected chi connectivity index (χ3v) is 4.37. The van der Waals surface area contributed by atoms with E-state index in [1.54, 1.807) is 0 Å². The molecule has 11 nitrogen and oxygen atoms in total. The van der Waals surface area contributed by atoms with E-state index in [0.717, 1.165) is 6.33 Å². The number of benzene rings is 1. The number of hydrogen-bond donors (Lipinski definition) is 3. The van der Waals surface area contributed by atoms with Crippen LogP contribution < -0.4 is 20.8 Å². The number of rotatable bonds is 4. The Morgan fingerprint density at radius 2 is 2.20 bits per heavy atom. The molecule has 1 aromatic carbocycles. The van der Waals surface area contributed by atoms with Crippen molar-refractivity contribution in [2.45, 2.75) is 11.4 Å². The van der Waals surface area contributed by atoms with Crippen molar-refractivity contribution in [3.05, 3.63) is 45.7 Å². The van der Waals surface area contributed by atoms with Crippen LogP contribution in [0.3, 0.4) is 0 Å². The van der Waals surface area contributed by atoms with Gasteiger partial charge >= 0.3 is 5.56 Å². The predicted molar refractivity (Wildman–Crippen MR) is 85.6 cm³/mol. The molecule has 0 spiro atoms. The lowest BCUT2D eigenvalue weighted by atomic mass is 10.2. The Balaban J connectivity index is 2.18. The number of nitrogens with one attached hydrogen (secondary N) is 1. The molecule has 2 aromatic heterocycles. The van der Waals surface area contributed by atoms with Gasteiger partial charge < -0.3 is 15.7 Å². The van der Waals surface area contributed by atoms with Gasteiger partial charge in [0.1, 0.15) is 12.3 Å². The van der Waals surface area contributed by atoms with Crippen LogP contribution in [-0.4, -0.2) is 34.6 Å². The van der Waals surface area contributed by atoms with Gasteiger partial charge in [-0.1, -0.05) is 0 Å². The van der Waals surface area contributed by atoms with Gasteiger partial charge in [0.2, 0.25) is 12.3 Å². The molecule has 0 aliphatic heterocycles. The lowest BCUT2D eigenvalue weighted by molar-refractivity contribution is -0.578. The normalized spacial score (nSPS) is 11.8. The second-order valence-electron chi connectivity index (χ2n) is 5.14. The number of nitrogens with two attached hydrogens (primary N) is 1. The Kier molecular flexibility index (Phi) is 3.85. The lowest BCUT2D eigenvalue weighted by Gasteiger charge is -2.08. The Labute approximate surface area is 140 Å². The highest BCUT2D eigenvalue weighted by Crippen LogP contribution is 2.24. The smallest absolute Gasteiger partial charge is 0.304 e. The number of fused-ring (bicyclic) bond motifs is 1. The highest BCUT2D eigenvalue weighted by Gasteiger charge is 2.21. The number of hydrogen-bond acceptors (Lipinski definition) is 7. The van der Waals surface area contributed by atoms with E-state index in [4.69, 9.17) is 10.5 Å². The summed E-state index contributed by atoms with van der Waals surface area (Å²) in [5.74, 6) is 0.153. The monoisotopic (exact) mass is 367 g/mol. The maximum atomic E-state index is 11.9. The first-order valence-corrected chi connectivity index (χ1v) is 8.27. The summed E-state index contributed by atoms with van der Waals surface area (Å²) in [5.41, 5.74) is 4.94. The zero-order valence-corrected chi connectivity index (χ0v) is 13.6. The zero-order valence-electron chi connectivity index (χ0n) is 12.8. The molecule has 0 aliphatic rings. The van der Waals surface area contributed by atoms with E-state index in [0.29, 0.717) is 16.0 Å². The molecule has 4 N–H and O–H groups in total. The van der Waals surface area contributed by atoms with Gasteiger partial charge in [0, 0.05) is 5.56 Å². The molecular weight excluding hydrogens is 354 g/mol. The van der Waals surface area contributed by atoms with E-state index < -0.39 is 15.7 Å². The third kappa shape index (κ3) is 2.99. The van der Waals surface area contributed by atoms with Gasteiger partial charge in [0.15, 0.2) is 0 Å². The maximum Gasteiger partial charge on any atom is 0.304 e. The molecule has 0 saturated heterocycles. The van der Waals surface area contributed by atoms with Crippen LogP contribution in [0, 0.1) is 5.21 Å². The van der Waals surface area contributed by atoms with E-state index in [2.05, 4.69) is 9.97 Å². The molecule has 132 valence electrons. The number of nitrogens with zero attached hydrogens (tertiary/aromatic N) is 3. The average molecular weight is 367 g/mol. The van der Waals surface area contributed by atoms with Crippen LogP contribution in [0.1, 0.15) is 5.56 Å². The number of H-pyrrole nitrogens is 1. The van der Waals surface area contributed by atoms with Crippen LogP contribution in [-0.2, 0) is 16.7 Å². The van der Waals surface area contributed by atoms with E-state index >= 15 is 0 Å². The third-order valence-electron chi connectivity index (χ3n) is 3.52. The van der Waals surface area contributed by atoms with Crippen molar-refractivity contribution in [3.8, 4) is 5.75 Å². The molecule has 25 heavy (non-hydrogen) atoms. The predicted octanol–water partition coefficient (Wildman–Crippen LogP) is -0.756. The van der Waals surface area contributed by atoms with Gasteiger partial charge in [0.05, 0.1) is 12.0 Å². The van der Waals surface area contributed by atoms with Gasteiger partial charge in [-0.05, 0) is 18.2 Å². The molecule has 0 aliphatic carbocycles. The molecule has 0 saturated carbocycles. The Morgan fingerprint density at radius 3 is 2.84 bits per heavy atom. The van der Waals surface area contributed by atoms with Crippen LogP contribution in [0.15, 0.2) is 34.2 Å². The molecular formula is C13H13N5O6S. The molecule has 0 bridgehead atoms. The number of anilines is 1. The molecule has 0 radical (unpaired) electrons. The minimum absolute atomic E-state index is 0.0237. The number of aromatic amines is 1. The van der Waals surface area contributed by atoms with Crippen molar-refractivity contribution < 1.29 is 22.4 Å². The molecule has 2 heterocycles. The first-order valence-electron chi connectivity index (χ1n) is 6.83. The summed E-state index contributed by atoms with van der Waals surface area (Å²) in [6, 6.07) is 3.75. The Morgan fingerprint density at radius 1 is 1.48 bits per heavy atom. The van der Waals surface area contributed by atoms with Crippen molar-refractivity contribution in [1.29, 1.82) is 0 Å². The highest BCUT2D eigenvalue weighted by atomic mass is 32.2. The summed E-state index contributed by atoms with van der Waals surface area (Å²) in [6.45, 7) is -0.0475. The van der Waals surface area contributed by atoms with Crippen molar-refractivity contribution in [3.63, 3.8) is 0 Å². The van der Waals surface area contributed by atoms with E-state index in [1.165, 1.54) is 29.9 Å². The number of aromatic nitrogens is 4. The quantitative estimate of drug-likeness (QED) is 0.307. The fourth-order valence-electron chi connectivity index (χ4n) is 2.45. The molecule has 0 amide bonds. The summed E-state index contributed by atoms with van der Waals surface area (Å²) in [6.07, 6.45) is 1.08. The molecule has 3 aromatic rings. The SMILES string of the molecule is COc1ccc(S(=O)(=O)O)cc1Cn1c[n+]([O-])c2c(=O)[nH]c(N)nc21. The van der Waals surface area contributed by atoms with E-state index in [1.807, 2.05) is 0 Å². The van der Waals surface area contributed by atoms with Gasteiger partial charge in [-0.25, -0.2) is 9.30 Å². The number of imidazole rings is 1. The summed E-state index contributed by atoms with van der Waals surface area (Å²) < 4.78 is 38.6. The number of methoxy groups -OCH3 is 1. The van der Waals surface area contributed by atoms with Crippen LogP contribution in [0.4, 0.5) is 5.95 Å². The van der Waals surface area contributed by atoms with Gasteiger partial charge in [-0.2, -0.15) is 13.4 Å². The maximum absolute atomic E-state index is 11.9. The first kappa shape index (κ1) is 16.7. The van der Waals surface area contributed by atoms with Gasteiger partial charge in [-0.3, -0.25) is 14.3 Å². The van der Waals surface area contributed by atoms with Crippen molar-refractivity contribution in [2.75, 3.05) is 12.8 Å². The first-order chi connectivity index (χ1) is 11.7. The standard InChI is InChI=1S/C13H13N5O6S/c1-24-9-3-2-8(25(21,22)23)4-7(9)5-17-6-18(20)10-11(17)15-13(14)16-12(10)19/h2-4,6H,5H2,1H3,(H,21,22,23)(H3,14,15,16,19). The molecule has 12 heteroatoms. The van der Waals surface area contributed by atoms with E-state index in [-0.39, 0.29) is 28.6 Å². The average Bonchev–Trinajstić information content (AvgIpc) is 2.82. The number of nitrogen functional groups attached to an aromatic ring is 1. The molecule has 0 unspecified atom stereocenters. The van der Waals surface area contributed by atoms with Crippen molar-refractivity contribution in [2.24, 2.45) is 0 Å². The Bertz CT molecular complexity index is 1130. The second-order valence-corrected chi connectivity index (χ2v) is 6.56. The van der Waals surface area contributed by atoms with Crippen LogP contribution >= 0.6 is 0 Å². The largest absolute Gasteiger partial charge is 0.710 e. The minimum atomic E-state index is -4.42. The molecule has 0 atom stereocenters. The van der Waals surface area contributed by atoms with Crippen LogP contribution in [0.5, 0.6) is 5.75 Å². The van der Waals surface area contributed by atoms with Crippen LogP contribution in [0.2, 0.25) is 0 Å². The highest BCUT2D eigenvalue weighted by molar-refractivity contribution is 7.85. The van der Waals surface area contributed by atoms with Gasteiger partial charge in [0.25, 0.3) is 21.3 Å². The fourth-order valence-corrected chi connectivity index (χ4v) is 2.98. The number of ether oxygens (including phenoxy) is 1. The molecule has 3 rings (SSSR count). The lowest BCUT2D eigenvalue weighted by Crippen LogP contribution is -2.29. The summed E-state index contributed by atoms with van der Waals surface area (Å²) in [5, 5.41) is 11.9. The zero-order chi connectivity index (χ0) is 18.4. The summed E-state index contributed by atoms with van der Waals surface area (Å²) in [7, 11) is -3.03. The summed E-state index contributed by atoms with van der Waals surface area (Å²) >= 11 is 0.